The second-order valence-corrected chi connectivity index (χ2v) is 3.87. The van der Waals surface area contributed by atoms with Crippen LogP contribution in [0.3, 0.4) is 0 Å². The Morgan fingerprint density at radius 1 is 0.941 bits per heavy atom. The first kappa shape index (κ1) is 16.9. The summed E-state index contributed by atoms with van der Waals surface area (Å²) >= 11 is 0. The molecule has 0 fully saturated rings. The van der Waals surface area contributed by atoms with Crippen LogP contribution in [0.4, 0.5) is 0 Å². The number of rotatable bonds is 0. The molecular weight excluding hydrogens is 330 g/mol. The van der Waals surface area contributed by atoms with E-state index in [4.69, 9.17) is 0 Å². The molecule has 0 saturated carbocycles. The standard InChI is InChI=1S/C14H11.2ClH.Zr/c1-10-6-7-14-12(8-10)9-11-4-2-3-5-13(11)14;;;/h2-7H,9H2,1H3;2*1H;/q-1;;;+3/p-2. The van der Waals surface area contributed by atoms with Crippen molar-refractivity contribution in [1.82, 2.24) is 0 Å². The van der Waals surface area contributed by atoms with Crippen molar-refractivity contribution in [2.24, 2.45) is 0 Å². The Labute approximate surface area is 134 Å². The fraction of sp³-hybridized carbons (Fsp3) is 0.143. The molecule has 1 radical (unpaired) electrons. The number of hydrogen-bond acceptors (Lipinski definition) is 0. The smallest absolute Gasteiger partial charge is 1.00 e. The monoisotopic (exact) mass is 339 g/mol. The average molecular weight is 341 g/mol. The third-order valence-electron chi connectivity index (χ3n) is 2.85. The molecule has 0 saturated heterocycles. The molecule has 0 unspecified atom stereocenters. The second-order valence-electron chi connectivity index (χ2n) is 3.87. The van der Waals surface area contributed by atoms with Gasteiger partial charge in [0.25, 0.3) is 0 Å². The number of aryl methyl sites for hydroxylation is 1. The average Bonchev–Trinajstić information content (AvgIpc) is 2.54. The Morgan fingerprint density at radius 3 is 2.41 bits per heavy atom. The second kappa shape index (κ2) is 6.73. The maximum atomic E-state index is 3.43. The summed E-state index contributed by atoms with van der Waals surface area (Å²) in [6.45, 7) is 2.10. The van der Waals surface area contributed by atoms with Gasteiger partial charge in [-0.15, -0.1) is 11.1 Å². The summed E-state index contributed by atoms with van der Waals surface area (Å²) in [5.41, 5.74) is 6.78. The maximum absolute atomic E-state index is 3.43. The van der Waals surface area contributed by atoms with E-state index in [1.54, 1.807) is 0 Å². The van der Waals surface area contributed by atoms with Gasteiger partial charge in [-0.1, -0.05) is 42.3 Å². The van der Waals surface area contributed by atoms with Crippen molar-refractivity contribution in [3.63, 3.8) is 0 Å². The number of halogens is 2. The third kappa shape index (κ3) is 3.02. The number of fused-ring (bicyclic) bond motifs is 3. The van der Waals surface area contributed by atoms with Crippen LogP contribution in [0.15, 0.2) is 36.4 Å². The van der Waals surface area contributed by atoms with E-state index in [9.17, 15) is 0 Å². The van der Waals surface area contributed by atoms with Crippen molar-refractivity contribution >= 4 is 0 Å². The third-order valence-corrected chi connectivity index (χ3v) is 2.85. The van der Waals surface area contributed by atoms with Gasteiger partial charge in [-0.2, -0.15) is 23.8 Å². The zero-order valence-corrected chi connectivity index (χ0v) is 13.4. The molecule has 2 aromatic carbocycles. The molecule has 0 bridgehead atoms. The minimum Gasteiger partial charge on any atom is -1.00 e. The summed E-state index contributed by atoms with van der Waals surface area (Å²) in [5, 5.41) is 0. The van der Waals surface area contributed by atoms with Crippen LogP contribution in [0.2, 0.25) is 0 Å². The van der Waals surface area contributed by atoms with Gasteiger partial charge in [-0.05, 0) is 6.42 Å². The molecule has 0 aromatic heterocycles. The van der Waals surface area contributed by atoms with E-state index in [1.165, 1.54) is 27.8 Å². The molecule has 0 heterocycles. The van der Waals surface area contributed by atoms with Crippen LogP contribution in [0.25, 0.3) is 11.1 Å². The van der Waals surface area contributed by atoms with E-state index in [-0.39, 0.29) is 51.0 Å². The van der Waals surface area contributed by atoms with Crippen LogP contribution in [0, 0.1) is 13.0 Å². The van der Waals surface area contributed by atoms with Gasteiger partial charge in [-0.3, -0.25) is 0 Å². The fourth-order valence-electron chi connectivity index (χ4n) is 2.18. The minimum absolute atomic E-state index is 0. The molecule has 85 valence electrons. The zero-order valence-electron chi connectivity index (χ0n) is 9.43. The molecular formula is C14H11Cl2Zr. The molecule has 0 spiro atoms. The van der Waals surface area contributed by atoms with E-state index in [1.807, 2.05) is 0 Å². The van der Waals surface area contributed by atoms with E-state index in [0.29, 0.717) is 0 Å². The van der Waals surface area contributed by atoms with Crippen LogP contribution in [-0.2, 0) is 32.6 Å². The van der Waals surface area contributed by atoms with Crippen LogP contribution >= 0.6 is 0 Å². The molecule has 3 heteroatoms. The predicted molar refractivity (Wildman–Crippen MR) is 58.3 cm³/mol. The first-order chi connectivity index (χ1) is 6.84. The Bertz CT molecular complexity index is 509. The van der Waals surface area contributed by atoms with Crippen molar-refractivity contribution in [2.45, 2.75) is 13.3 Å². The summed E-state index contributed by atoms with van der Waals surface area (Å²) in [6, 6.07) is 16.4. The van der Waals surface area contributed by atoms with Crippen molar-refractivity contribution < 1.29 is 51.0 Å². The Hall–Kier alpha value is -0.0969. The van der Waals surface area contributed by atoms with Crippen molar-refractivity contribution in [2.75, 3.05) is 0 Å². The van der Waals surface area contributed by atoms with Gasteiger partial charge in [0, 0.05) is 0 Å². The maximum Gasteiger partial charge on any atom is 3.00 e. The van der Waals surface area contributed by atoms with Gasteiger partial charge in [0.1, 0.15) is 0 Å². The summed E-state index contributed by atoms with van der Waals surface area (Å²) in [7, 11) is 0. The van der Waals surface area contributed by atoms with Crippen molar-refractivity contribution in [1.29, 1.82) is 0 Å². The van der Waals surface area contributed by atoms with E-state index >= 15 is 0 Å². The van der Waals surface area contributed by atoms with Crippen molar-refractivity contribution in [3.8, 4) is 11.1 Å². The molecule has 0 aliphatic heterocycles. The molecule has 17 heavy (non-hydrogen) atoms. The van der Waals surface area contributed by atoms with Crippen molar-refractivity contribution in [3.05, 3.63) is 59.2 Å². The first-order valence-electron chi connectivity index (χ1n) is 4.95. The van der Waals surface area contributed by atoms with Gasteiger partial charge < -0.3 is 24.8 Å². The zero-order chi connectivity index (χ0) is 9.54. The summed E-state index contributed by atoms with van der Waals surface area (Å²) in [4.78, 5) is 0. The molecule has 3 rings (SSSR count). The Kier molecular flexibility index (Phi) is 6.70. The molecule has 0 N–H and O–H groups in total. The van der Waals surface area contributed by atoms with Crippen LogP contribution < -0.4 is 24.8 Å². The van der Waals surface area contributed by atoms with E-state index in [0.717, 1.165) is 6.42 Å². The normalized spacial score (nSPS) is 10.2. The Balaban J connectivity index is 0.000000853. The van der Waals surface area contributed by atoms with Gasteiger partial charge in [0.05, 0.1) is 0 Å². The molecule has 0 atom stereocenters. The molecule has 2 aromatic rings. The summed E-state index contributed by atoms with van der Waals surface area (Å²) < 4.78 is 0. The van der Waals surface area contributed by atoms with Crippen LogP contribution in [0.1, 0.15) is 16.7 Å². The van der Waals surface area contributed by atoms with E-state index in [2.05, 4.69) is 49.4 Å². The molecule has 1 aliphatic carbocycles. The number of benzene rings is 2. The summed E-state index contributed by atoms with van der Waals surface area (Å²) in [5.74, 6) is 0. The molecule has 0 amide bonds. The quantitative estimate of drug-likeness (QED) is 0.393. The summed E-state index contributed by atoms with van der Waals surface area (Å²) in [6.07, 6.45) is 1.05. The SMILES string of the molecule is Cc1[c-]c2c(cc1)-c1ccccc1C2.[Cl-].[Cl-].[Zr+3]. The first-order valence-corrected chi connectivity index (χ1v) is 4.95. The van der Waals surface area contributed by atoms with Crippen LogP contribution in [0.5, 0.6) is 0 Å². The fourth-order valence-corrected chi connectivity index (χ4v) is 2.18. The van der Waals surface area contributed by atoms with Crippen LogP contribution in [-0.4, -0.2) is 0 Å². The predicted octanol–water partition coefficient (Wildman–Crippen LogP) is -2.63. The van der Waals surface area contributed by atoms with Gasteiger partial charge in [0.2, 0.25) is 0 Å². The Morgan fingerprint density at radius 2 is 1.65 bits per heavy atom. The van der Waals surface area contributed by atoms with Gasteiger partial charge in [-0.25, -0.2) is 0 Å². The van der Waals surface area contributed by atoms with E-state index < -0.39 is 0 Å². The van der Waals surface area contributed by atoms with Gasteiger partial charge >= 0.3 is 26.2 Å². The molecule has 0 nitrogen and oxygen atoms in total. The minimum atomic E-state index is 0. The number of hydrogen-bond donors (Lipinski definition) is 0. The topological polar surface area (TPSA) is 0 Å². The van der Waals surface area contributed by atoms with Gasteiger partial charge in [0.15, 0.2) is 0 Å². The molecule has 1 aliphatic rings. The largest absolute Gasteiger partial charge is 3.00 e.